The first-order valence-electron chi connectivity index (χ1n) is 6.02. The number of carbonyl (C=O) groups excluding carboxylic acids is 1. The zero-order chi connectivity index (χ0) is 16.2. The van der Waals surface area contributed by atoms with Gasteiger partial charge in [0.1, 0.15) is 10.7 Å². The van der Waals surface area contributed by atoms with Crippen molar-refractivity contribution >= 4 is 27.5 Å². The second-order valence-corrected chi connectivity index (χ2v) is 6.28. The van der Waals surface area contributed by atoms with Gasteiger partial charge in [0, 0.05) is 7.11 Å². The molecule has 0 saturated heterocycles. The first kappa shape index (κ1) is 17.8. The maximum absolute atomic E-state index is 13.8. The molecular weight excluding hydrogens is 323 g/mol. The van der Waals surface area contributed by atoms with E-state index in [4.69, 9.17) is 21.5 Å². The summed E-state index contributed by atoms with van der Waals surface area (Å²) in [6.07, 6.45) is 0.566. The number of nitrogens with two attached hydrogens (primary N) is 1. The Balaban J connectivity index is 3.15. The predicted octanol–water partition coefficient (Wildman–Crippen LogP) is 1.28. The molecule has 0 bridgehead atoms. The smallest absolute Gasteiger partial charge is 0.254 e. The van der Waals surface area contributed by atoms with Crippen molar-refractivity contribution in [2.24, 2.45) is 5.14 Å². The number of carbonyl (C=O) groups is 1. The van der Waals surface area contributed by atoms with Crippen LogP contribution in [-0.4, -0.2) is 34.1 Å². The number of primary sulfonamides is 1. The van der Waals surface area contributed by atoms with Crippen LogP contribution < -0.4 is 10.5 Å². The summed E-state index contributed by atoms with van der Waals surface area (Å²) in [5, 5.41) is 7.13. The molecule has 1 atom stereocenters. The Labute approximate surface area is 127 Å². The van der Waals surface area contributed by atoms with E-state index in [-0.39, 0.29) is 17.7 Å². The fraction of sp³-hybridized carbons (Fsp3) is 0.417. The Morgan fingerprint density at radius 1 is 1.52 bits per heavy atom. The summed E-state index contributed by atoms with van der Waals surface area (Å²) in [4.78, 5) is 11.5. The van der Waals surface area contributed by atoms with Crippen LogP contribution in [0.3, 0.4) is 0 Å². The molecule has 0 heterocycles. The molecule has 0 aromatic heterocycles. The molecule has 9 heteroatoms. The Hall–Kier alpha value is -1.22. The van der Waals surface area contributed by atoms with Gasteiger partial charge in [-0.1, -0.05) is 18.5 Å². The van der Waals surface area contributed by atoms with Crippen molar-refractivity contribution in [1.29, 1.82) is 0 Å². The van der Waals surface area contributed by atoms with Crippen molar-refractivity contribution in [3.05, 3.63) is 28.5 Å². The summed E-state index contributed by atoms with van der Waals surface area (Å²) in [6, 6.07) is 1.24. The van der Waals surface area contributed by atoms with Crippen LogP contribution in [0.1, 0.15) is 23.7 Å². The topological polar surface area (TPSA) is 98.5 Å². The van der Waals surface area contributed by atoms with Crippen LogP contribution in [0.25, 0.3) is 0 Å². The van der Waals surface area contributed by atoms with Crippen LogP contribution in [0.2, 0.25) is 5.02 Å². The second-order valence-electron chi connectivity index (χ2n) is 4.34. The quantitative estimate of drug-likeness (QED) is 0.816. The molecule has 1 amide bonds. The number of hydrogen-bond donors (Lipinski definition) is 2. The molecule has 1 aromatic carbocycles. The lowest BCUT2D eigenvalue weighted by Crippen LogP contribution is -2.38. The van der Waals surface area contributed by atoms with Gasteiger partial charge in [-0.05, 0) is 18.6 Å². The third kappa shape index (κ3) is 4.63. The van der Waals surface area contributed by atoms with Gasteiger partial charge in [-0.3, -0.25) is 4.79 Å². The van der Waals surface area contributed by atoms with Crippen LogP contribution in [0.4, 0.5) is 4.39 Å². The Bertz CT molecular complexity index is 636. The Kier molecular flexibility index (Phi) is 6.09. The van der Waals surface area contributed by atoms with E-state index in [0.717, 1.165) is 12.1 Å². The van der Waals surface area contributed by atoms with Gasteiger partial charge in [-0.15, -0.1) is 0 Å². The molecule has 0 radical (unpaired) electrons. The van der Waals surface area contributed by atoms with Crippen LogP contribution in [0.5, 0.6) is 0 Å². The molecule has 21 heavy (non-hydrogen) atoms. The summed E-state index contributed by atoms with van der Waals surface area (Å²) in [5.74, 6) is -1.70. The van der Waals surface area contributed by atoms with E-state index in [1.165, 1.54) is 7.11 Å². The fourth-order valence-electron chi connectivity index (χ4n) is 1.65. The lowest BCUT2D eigenvalue weighted by atomic mass is 10.1. The summed E-state index contributed by atoms with van der Waals surface area (Å²) < 4.78 is 41.4. The summed E-state index contributed by atoms with van der Waals surface area (Å²) >= 11 is 5.62. The van der Waals surface area contributed by atoms with E-state index >= 15 is 0 Å². The van der Waals surface area contributed by atoms with Gasteiger partial charge in [0.05, 0.1) is 23.2 Å². The minimum Gasteiger partial charge on any atom is -0.383 e. The van der Waals surface area contributed by atoms with Crippen LogP contribution >= 0.6 is 11.6 Å². The average Bonchev–Trinajstić information content (AvgIpc) is 2.36. The number of rotatable bonds is 6. The van der Waals surface area contributed by atoms with Gasteiger partial charge in [0.25, 0.3) is 5.91 Å². The van der Waals surface area contributed by atoms with Gasteiger partial charge in [-0.25, -0.2) is 17.9 Å². The number of ether oxygens (including phenoxy) is 1. The van der Waals surface area contributed by atoms with Gasteiger partial charge >= 0.3 is 0 Å². The number of methoxy groups -OCH3 is 1. The minimum absolute atomic E-state index is 0.249. The van der Waals surface area contributed by atoms with Gasteiger partial charge in [0.2, 0.25) is 10.0 Å². The molecule has 0 aliphatic rings. The van der Waals surface area contributed by atoms with E-state index in [1.807, 2.05) is 6.92 Å². The van der Waals surface area contributed by atoms with Crippen molar-refractivity contribution in [2.75, 3.05) is 13.7 Å². The molecule has 1 unspecified atom stereocenters. The van der Waals surface area contributed by atoms with E-state index in [1.54, 1.807) is 0 Å². The van der Waals surface area contributed by atoms with Crippen molar-refractivity contribution in [3.8, 4) is 0 Å². The summed E-state index contributed by atoms with van der Waals surface area (Å²) in [7, 11) is -2.68. The lowest BCUT2D eigenvalue weighted by molar-refractivity contribution is 0.0890. The largest absolute Gasteiger partial charge is 0.383 e. The molecule has 0 aliphatic carbocycles. The van der Waals surface area contributed by atoms with Gasteiger partial charge < -0.3 is 10.1 Å². The van der Waals surface area contributed by atoms with E-state index in [2.05, 4.69) is 5.32 Å². The SMILES string of the molecule is CCC(COC)NC(=O)c1cc(S(N)(=O)=O)c(Cl)cc1F. The predicted molar refractivity (Wildman–Crippen MR) is 76.2 cm³/mol. The zero-order valence-corrected chi connectivity index (χ0v) is 13.1. The molecule has 0 aliphatic heterocycles. The number of halogens is 2. The van der Waals surface area contributed by atoms with E-state index < -0.39 is 32.2 Å². The zero-order valence-electron chi connectivity index (χ0n) is 11.5. The highest BCUT2D eigenvalue weighted by molar-refractivity contribution is 7.89. The first-order valence-corrected chi connectivity index (χ1v) is 7.94. The molecule has 1 rings (SSSR count). The highest BCUT2D eigenvalue weighted by Gasteiger charge is 2.22. The maximum atomic E-state index is 13.8. The second kappa shape index (κ2) is 7.17. The van der Waals surface area contributed by atoms with Gasteiger partial charge in [-0.2, -0.15) is 0 Å². The number of nitrogens with one attached hydrogen (secondary N) is 1. The molecule has 0 saturated carbocycles. The van der Waals surface area contributed by atoms with Crippen molar-refractivity contribution < 1.29 is 22.3 Å². The van der Waals surface area contributed by atoms with Crippen molar-refractivity contribution in [2.45, 2.75) is 24.3 Å². The normalized spacial score (nSPS) is 13.0. The monoisotopic (exact) mass is 338 g/mol. The van der Waals surface area contributed by atoms with Crippen LogP contribution in [0, 0.1) is 5.82 Å². The number of amides is 1. The highest BCUT2D eigenvalue weighted by atomic mass is 35.5. The minimum atomic E-state index is -4.15. The number of sulfonamides is 1. The fourth-order valence-corrected chi connectivity index (χ4v) is 2.73. The van der Waals surface area contributed by atoms with E-state index in [9.17, 15) is 17.6 Å². The van der Waals surface area contributed by atoms with Crippen LogP contribution in [-0.2, 0) is 14.8 Å². The Morgan fingerprint density at radius 2 is 2.14 bits per heavy atom. The number of hydrogen-bond acceptors (Lipinski definition) is 4. The van der Waals surface area contributed by atoms with Gasteiger partial charge in [0.15, 0.2) is 0 Å². The molecule has 1 aromatic rings. The summed E-state index contributed by atoms with van der Waals surface area (Å²) in [5.41, 5.74) is -0.446. The van der Waals surface area contributed by atoms with E-state index in [0.29, 0.717) is 6.42 Å². The van der Waals surface area contributed by atoms with Crippen molar-refractivity contribution in [3.63, 3.8) is 0 Å². The third-order valence-corrected chi connectivity index (χ3v) is 4.14. The standard InChI is InChI=1S/C12H16ClFN2O4S/c1-3-7(6-20-2)16-12(17)8-4-11(21(15,18)19)9(13)5-10(8)14/h4-5,7H,3,6H2,1-2H3,(H,16,17)(H2,15,18,19). The molecule has 0 spiro atoms. The Morgan fingerprint density at radius 3 is 2.62 bits per heavy atom. The maximum Gasteiger partial charge on any atom is 0.254 e. The molecule has 0 fully saturated rings. The van der Waals surface area contributed by atoms with Crippen LogP contribution in [0.15, 0.2) is 17.0 Å². The lowest BCUT2D eigenvalue weighted by Gasteiger charge is -2.16. The molecule has 118 valence electrons. The highest BCUT2D eigenvalue weighted by Crippen LogP contribution is 2.24. The molecule has 3 N–H and O–H groups in total. The van der Waals surface area contributed by atoms with Crippen molar-refractivity contribution in [1.82, 2.24) is 5.32 Å². The molecule has 6 nitrogen and oxygen atoms in total. The third-order valence-electron chi connectivity index (χ3n) is 2.77. The number of benzene rings is 1. The summed E-state index contributed by atoms with van der Waals surface area (Å²) in [6.45, 7) is 2.07. The molecular formula is C12H16ClFN2O4S. The average molecular weight is 339 g/mol. The first-order chi connectivity index (χ1) is 9.70.